The Morgan fingerprint density at radius 3 is 2.81 bits per heavy atom. The molecule has 1 amide bonds. The molecule has 0 aliphatic rings. The fourth-order valence-corrected chi connectivity index (χ4v) is 3.93. The minimum Gasteiger partial charge on any atom is -0.317 e. The Labute approximate surface area is 165 Å². The molecule has 3 rings (SSSR count). The van der Waals surface area contributed by atoms with Crippen LogP contribution in [0.2, 0.25) is 0 Å². The van der Waals surface area contributed by atoms with Crippen molar-refractivity contribution in [2.24, 2.45) is 0 Å². The Morgan fingerprint density at radius 1 is 1.33 bits per heavy atom. The van der Waals surface area contributed by atoms with Crippen molar-refractivity contribution in [2.75, 3.05) is 11.1 Å². The van der Waals surface area contributed by atoms with Crippen LogP contribution in [0.5, 0.6) is 0 Å². The molecular formula is C18H18N6OS2. The molecule has 0 radical (unpaired) electrons. The fraction of sp³-hybridized carbons (Fsp3) is 0.278. The zero-order valence-corrected chi connectivity index (χ0v) is 16.5. The van der Waals surface area contributed by atoms with Gasteiger partial charge in [0.15, 0.2) is 0 Å². The predicted octanol–water partition coefficient (Wildman–Crippen LogP) is 3.84. The van der Waals surface area contributed by atoms with E-state index in [4.69, 9.17) is 5.26 Å². The molecule has 7 nitrogen and oxygen atoms in total. The summed E-state index contributed by atoms with van der Waals surface area (Å²) in [5.74, 6) is 0.857. The largest absolute Gasteiger partial charge is 0.317 e. The molecule has 2 aromatic heterocycles. The summed E-state index contributed by atoms with van der Waals surface area (Å²) in [6.07, 6.45) is 0.298. The smallest absolute Gasteiger partial charge is 0.225 e. The summed E-state index contributed by atoms with van der Waals surface area (Å²) >= 11 is 2.75. The van der Waals surface area contributed by atoms with Crippen LogP contribution in [0.15, 0.2) is 40.9 Å². The Morgan fingerprint density at radius 2 is 2.11 bits per heavy atom. The van der Waals surface area contributed by atoms with Crippen LogP contribution in [0.4, 0.5) is 5.00 Å². The molecule has 0 unspecified atom stereocenters. The van der Waals surface area contributed by atoms with Gasteiger partial charge in [-0.1, -0.05) is 37.7 Å². The van der Waals surface area contributed by atoms with Gasteiger partial charge in [-0.2, -0.15) is 9.94 Å². The number of aromatic nitrogens is 4. The van der Waals surface area contributed by atoms with Crippen molar-refractivity contribution >= 4 is 34.0 Å². The lowest BCUT2D eigenvalue weighted by molar-refractivity contribution is -0.115. The van der Waals surface area contributed by atoms with E-state index in [1.54, 1.807) is 16.1 Å². The highest BCUT2D eigenvalue weighted by Gasteiger charge is 2.12. The third-order valence-electron chi connectivity index (χ3n) is 3.84. The van der Waals surface area contributed by atoms with Gasteiger partial charge in [-0.3, -0.25) is 4.79 Å². The second-order valence-corrected chi connectivity index (χ2v) is 8.02. The lowest BCUT2D eigenvalue weighted by Gasteiger charge is -2.08. The number of carbonyl (C=O) groups excluding carboxylic acids is 1. The van der Waals surface area contributed by atoms with Crippen LogP contribution in [-0.2, 0) is 4.79 Å². The number of carbonyl (C=O) groups is 1. The van der Waals surface area contributed by atoms with E-state index < -0.39 is 0 Å². The molecule has 0 aliphatic heterocycles. The number of amides is 1. The number of rotatable bonds is 7. The van der Waals surface area contributed by atoms with Crippen molar-refractivity contribution in [3.05, 3.63) is 46.8 Å². The summed E-state index contributed by atoms with van der Waals surface area (Å²) in [5.41, 5.74) is 2.62. The normalized spacial score (nSPS) is 10.7. The highest BCUT2D eigenvalue weighted by molar-refractivity contribution is 7.99. The first-order chi connectivity index (χ1) is 13.1. The first-order valence-electron chi connectivity index (χ1n) is 8.37. The molecule has 0 saturated carbocycles. The average molecular weight is 399 g/mol. The average Bonchev–Trinajstić information content (AvgIpc) is 3.31. The van der Waals surface area contributed by atoms with E-state index in [2.05, 4.69) is 52.9 Å². The van der Waals surface area contributed by atoms with Crippen LogP contribution in [0.25, 0.3) is 5.69 Å². The molecule has 0 atom stereocenters. The maximum atomic E-state index is 12.1. The van der Waals surface area contributed by atoms with Crippen LogP contribution in [-0.4, -0.2) is 31.9 Å². The molecule has 1 aromatic carbocycles. The zero-order chi connectivity index (χ0) is 19.2. The molecule has 0 aliphatic carbocycles. The van der Waals surface area contributed by atoms with Gasteiger partial charge in [-0.05, 0) is 45.5 Å². The third-order valence-corrected chi connectivity index (χ3v) is 5.60. The number of hydrogen-bond acceptors (Lipinski definition) is 7. The van der Waals surface area contributed by atoms with Crippen molar-refractivity contribution in [1.82, 2.24) is 20.2 Å². The minimum atomic E-state index is -0.137. The van der Waals surface area contributed by atoms with Crippen LogP contribution >= 0.6 is 23.1 Å². The SMILES string of the molecule is CC(C)c1ccc(-n2nnnc2SCCC(=O)Nc2sccc2C#N)cc1. The Bertz CT molecular complexity index is 955. The minimum absolute atomic E-state index is 0.137. The quantitative estimate of drug-likeness (QED) is 0.608. The van der Waals surface area contributed by atoms with Crippen molar-refractivity contribution < 1.29 is 4.79 Å². The molecule has 3 aromatic rings. The van der Waals surface area contributed by atoms with Crippen LogP contribution in [0, 0.1) is 11.3 Å². The zero-order valence-electron chi connectivity index (χ0n) is 14.9. The van der Waals surface area contributed by atoms with Gasteiger partial charge in [0.1, 0.15) is 11.1 Å². The fourth-order valence-electron chi connectivity index (χ4n) is 2.35. The number of nitrogens with one attached hydrogen (secondary N) is 1. The third kappa shape index (κ3) is 4.72. The number of thiophene rings is 1. The van der Waals surface area contributed by atoms with Gasteiger partial charge in [0.05, 0.1) is 11.3 Å². The topological polar surface area (TPSA) is 96.5 Å². The summed E-state index contributed by atoms with van der Waals surface area (Å²) in [7, 11) is 0. The Hall–Kier alpha value is -2.70. The maximum absolute atomic E-state index is 12.1. The highest BCUT2D eigenvalue weighted by atomic mass is 32.2. The number of nitriles is 1. The standard InChI is InChI=1S/C18H18N6OS2/c1-12(2)13-3-5-15(6-4-13)24-18(21-22-23-24)27-10-8-16(25)20-17-14(11-19)7-9-26-17/h3-7,9,12H,8,10H2,1-2H3,(H,20,25). The van der Waals surface area contributed by atoms with Gasteiger partial charge in [0, 0.05) is 12.2 Å². The number of tetrazole rings is 1. The van der Waals surface area contributed by atoms with E-state index in [1.807, 2.05) is 12.1 Å². The number of anilines is 1. The van der Waals surface area contributed by atoms with E-state index in [9.17, 15) is 4.79 Å². The molecule has 0 bridgehead atoms. The van der Waals surface area contributed by atoms with E-state index in [0.717, 1.165) is 5.69 Å². The maximum Gasteiger partial charge on any atom is 0.225 e. The Kier molecular flexibility index (Phi) is 6.21. The van der Waals surface area contributed by atoms with Crippen LogP contribution in [0.3, 0.4) is 0 Å². The van der Waals surface area contributed by atoms with Gasteiger partial charge in [-0.15, -0.1) is 16.4 Å². The van der Waals surface area contributed by atoms with Crippen molar-refractivity contribution in [2.45, 2.75) is 31.3 Å². The predicted molar refractivity (Wildman–Crippen MR) is 106 cm³/mol. The van der Waals surface area contributed by atoms with Gasteiger partial charge in [0.25, 0.3) is 0 Å². The van der Waals surface area contributed by atoms with Gasteiger partial charge in [0.2, 0.25) is 11.1 Å². The summed E-state index contributed by atoms with van der Waals surface area (Å²) in [6, 6.07) is 11.9. The van der Waals surface area contributed by atoms with Crippen molar-refractivity contribution in [1.29, 1.82) is 5.26 Å². The van der Waals surface area contributed by atoms with Gasteiger partial charge >= 0.3 is 0 Å². The molecule has 27 heavy (non-hydrogen) atoms. The lowest BCUT2D eigenvalue weighted by atomic mass is 10.0. The second-order valence-electron chi connectivity index (χ2n) is 6.04. The lowest BCUT2D eigenvalue weighted by Crippen LogP contribution is -2.12. The molecule has 2 heterocycles. The van der Waals surface area contributed by atoms with Crippen LogP contribution in [0.1, 0.15) is 37.3 Å². The Balaban J connectivity index is 1.57. The highest BCUT2D eigenvalue weighted by Crippen LogP contribution is 2.24. The van der Waals surface area contributed by atoms with Crippen molar-refractivity contribution in [3.63, 3.8) is 0 Å². The van der Waals surface area contributed by atoms with Crippen molar-refractivity contribution in [3.8, 4) is 11.8 Å². The number of thioether (sulfide) groups is 1. The number of nitrogens with zero attached hydrogens (tertiary/aromatic N) is 5. The molecule has 138 valence electrons. The van der Waals surface area contributed by atoms with Crippen LogP contribution < -0.4 is 5.32 Å². The first-order valence-corrected chi connectivity index (χ1v) is 10.2. The molecule has 0 fully saturated rings. The summed E-state index contributed by atoms with van der Waals surface area (Å²) < 4.78 is 1.67. The van der Waals surface area contributed by atoms with E-state index >= 15 is 0 Å². The van der Waals surface area contributed by atoms with Gasteiger partial charge < -0.3 is 5.32 Å². The number of benzene rings is 1. The van der Waals surface area contributed by atoms with E-state index in [-0.39, 0.29) is 5.91 Å². The molecule has 9 heteroatoms. The monoisotopic (exact) mass is 398 g/mol. The molecule has 0 saturated heterocycles. The molecular weight excluding hydrogens is 380 g/mol. The summed E-state index contributed by atoms with van der Waals surface area (Å²) in [4.78, 5) is 12.1. The molecule has 0 spiro atoms. The number of hydrogen-bond donors (Lipinski definition) is 1. The summed E-state index contributed by atoms with van der Waals surface area (Å²) in [6.45, 7) is 4.29. The van der Waals surface area contributed by atoms with E-state index in [1.165, 1.54) is 28.7 Å². The summed E-state index contributed by atoms with van der Waals surface area (Å²) in [5, 5.41) is 26.6. The van der Waals surface area contributed by atoms with E-state index in [0.29, 0.717) is 33.8 Å². The van der Waals surface area contributed by atoms with Gasteiger partial charge in [-0.25, -0.2) is 0 Å². The first kappa shape index (κ1) is 19.1. The second kappa shape index (κ2) is 8.79. The molecule has 1 N–H and O–H groups in total.